The van der Waals surface area contributed by atoms with Gasteiger partial charge in [0.05, 0.1) is 145 Å². The third-order valence-corrected chi connectivity index (χ3v) is 12.4. The number of ether oxygens (including phenoxy) is 16. The molecular formula is C45H84O33. The summed E-state index contributed by atoms with van der Waals surface area (Å²) in [5.41, 5.74) is 0. The van der Waals surface area contributed by atoms with Crippen LogP contribution in [0, 0.1) is 0 Å². The van der Waals surface area contributed by atoms with Gasteiger partial charge in [0.2, 0.25) is 0 Å². The van der Waals surface area contributed by atoms with Crippen molar-refractivity contribution < 1.29 is 163 Å². The van der Waals surface area contributed by atoms with Gasteiger partial charge in [-0.25, -0.2) is 0 Å². The predicted octanol–water partition coefficient (Wildman–Crippen LogP) is -11.5. The van der Waals surface area contributed by atoms with Crippen molar-refractivity contribution in [3.05, 3.63) is 0 Å². The number of aliphatic hydroxyl groups excluding tert-OH is 17. The van der Waals surface area contributed by atoms with E-state index in [0.29, 0.717) is 0 Å². The van der Waals surface area contributed by atoms with Crippen molar-refractivity contribution in [2.45, 2.75) is 141 Å². The molecule has 0 unspecified atom stereocenters. The highest BCUT2D eigenvalue weighted by Gasteiger charge is 2.47. The number of aliphatic hydroxyl groups is 17. The quantitative estimate of drug-likeness (QED) is 0.0253. The first-order valence-corrected chi connectivity index (χ1v) is 25.5. The van der Waals surface area contributed by atoms with Crippen LogP contribution < -0.4 is 0 Å². The Labute approximate surface area is 448 Å². The monoisotopic (exact) mass is 1150 g/mol. The first kappa shape index (κ1) is 69.2. The van der Waals surface area contributed by atoms with Crippen molar-refractivity contribution in [2.24, 2.45) is 0 Å². The van der Waals surface area contributed by atoms with Gasteiger partial charge < -0.3 is 163 Å². The largest absolute Gasteiger partial charge is 0.394 e. The molecule has 0 aliphatic carbocycles. The maximum absolute atomic E-state index is 10.5. The van der Waals surface area contributed by atoms with Gasteiger partial charge in [0, 0.05) is 0 Å². The van der Waals surface area contributed by atoms with E-state index < -0.39 is 168 Å². The van der Waals surface area contributed by atoms with Crippen LogP contribution in [0.3, 0.4) is 0 Å². The Morgan fingerprint density at radius 3 is 0.718 bits per heavy atom. The molecule has 17 N–H and O–H groups in total. The van der Waals surface area contributed by atoms with E-state index in [4.69, 9.17) is 75.8 Å². The molecule has 78 heavy (non-hydrogen) atoms. The fraction of sp³-hybridized carbons (Fsp3) is 1.00. The minimum absolute atomic E-state index is 0.0000903. The molecule has 0 aromatic rings. The molecule has 4 heterocycles. The average molecular weight is 1150 g/mol. The summed E-state index contributed by atoms with van der Waals surface area (Å²) in [5, 5.41) is 169. The molecule has 4 fully saturated rings. The lowest BCUT2D eigenvalue weighted by molar-refractivity contribution is -0.303. The van der Waals surface area contributed by atoms with Crippen LogP contribution in [0.25, 0.3) is 0 Å². The van der Waals surface area contributed by atoms with E-state index in [1.807, 2.05) is 0 Å². The zero-order valence-corrected chi connectivity index (χ0v) is 43.0. The Balaban J connectivity index is 1.15. The van der Waals surface area contributed by atoms with Crippen LogP contribution in [0.2, 0.25) is 0 Å². The molecule has 4 rings (SSSR count). The molecule has 0 spiro atoms. The molecule has 0 radical (unpaired) electrons. The zero-order chi connectivity index (χ0) is 57.1. The molecule has 33 nitrogen and oxygen atoms in total. The summed E-state index contributed by atoms with van der Waals surface area (Å²) in [6.45, 7) is -3.99. The molecule has 20 atom stereocenters. The second-order valence-electron chi connectivity index (χ2n) is 18.4. The number of rotatable bonds is 40. The van der Waals surface area contributed by atoms with Gasteiger partial charge in [-0.15, -0.1) is 0 Å². The first-order valence-electron chi connectivity index (χ1n) is 25.5. The topological polar surface area (TPSA) is 492 Å². The van der Waals surface area contributed by atoms with Crippen LogP contribution in [-0.2, 0) is 75.8 Å². The van der Waals surface area contributed by atoms with Crippen molar-refractivity contribution >= 4 is 0 Å². The van der Waals surface area contributed by atoms with E-state index in [1.165, 1.54) is 0 Å². The first-order chi connectivity index (χ1) is 37.5. The highest BCUT2D eigenvalue weighted by Crippen LogP contribution is 2.25. The summed E-state index contributed by atoms with van der Waals surface area (Å²) in [5.74, 6) is 0. The third kappa shape index (κ3) is 22.4. The standard InChI is InChI=1S/C45H84O33/c46-13-26-30(51)34(55)38(59)42(75-26)71-9-3-65-19-24(20-66-4-10-72-43-39(60)35(56)31(52)27(14-47)76-43)69-7-1-63-17-23(50)18-64-2-8-70-25(21-67-5-11-73-44-40(61)36(57)32(53)28(15-48)77-44)22-68-6-12-74-45-41(62)37(58)33(54)29(16-49)78-45/h23-62H,1-22H2/t26-,27-,28-,29-,30-,31-,32-,33-,34+,35+,36+,37+,38+,39+,40+,41+,42+,43+,44+,45+/m1/s1. The summed E-state index contributed by atoms with van der Waals surface area (Å²) in [6.07, 6.45) is -31.8. The second-order valence-corrected chi connectivity index (χ2v) is 18.4. The van der Waals surface area contributed by atoms with Crippen LogP contribution >= 0.6 is 0 Å². The van der Waals surface area contributed by atoms with E-state index >= 15 is 0 Å². The lowest BCUT2D eigenvalue weighted by Crippen LogP contribution is -2.59. The maximum atomic E-state index is 10.5. The van der Waals surface area contributed by atoms with E-state index in [-0.39, 0.29) is 119 Å². The normalized spacial score (nSPS) is 36.5. The Morgan fingerprint density at radius 1 is 0.269 bits per heavy atom. The third-order valence-electron chi connectivity index (χ3n) is 12.4. The van der Waals surface area contributed by atoms with Crippen LogP contribution in [-0.4, -0.2) is 373 Å². The van der Waals surface area contributed by atoms with Gasteiger partial charge in [0.25, 0.3) is 0 Å². The van der Waals surface area contributed by atoms with Gasteiger partial charge >= 0.3 is 0 Å². The molecule has 0 amide bonds. The van der Waals surface area contributed by atoms with Crippen molar-refractivity contribution in [2.75, 3.05) is 145 Å². The Morgan fingerprint density at radius 2 is 0.487 bits per heavy atom. The van der Waals surface area contributed by atoms with Crippen molar-refractivity contribution in [3.8, 4) is 0 Å². The summed E-state index contributed by atoms with van der Waals surface area (Å²) in [4.78, 5) is 0. The zero-order valence-electron chi connectivity index (χ0n) is 43.0. The van der Waals surface area contributed by atoms with Gasteiger partial charge in [-0.05, 0) is 0 Å². The van der Waals surface area contributed by atoms with Crippen molar-refractivity contribution in [3.63, 3.8) is 0 Å². The van der Waals surface area contributed by atoms with Gasteiger partial charge in [0.1, 0.15) is 116 Å². The molecule has 4 saturated heterocycles. The van der Waals surface area contributed by atoms with E-state index in [0.717, 1.165) is 0 Å². The van der Waals surface area contributed by atoms with Crippen LogP contribution in [0.1, 0.15) is 0 Å². The minimum Gasteiger partial charge on any atom is -0.394 e. The summed E-state index contributed by atoms with van der Waals surface area (Å²) in [6, 6.07) is 0. The Hall–Kier alpha value is -1.32. The molecule has 0 aromatic carbocycles. The van der Waals surface area contributed by atoms with Crippen LogP contribution in [0.4, 0.5) is 0 Å². The smallest absolute Gasteiger partial charge is 0.186 e. The highest BCUT2D eigenvalue weighted by molar-refractivity contribution is 4.91. The Kier molecular flexibility index (Phi) is 33.5. The molecule has 33 heteroatoms. The highest BCUT2D eigenvalue weighted by atomic mass is 16.7. The fourth-order valence-electron chi connectivity index (χ4n) is 7.90. The summed E-state index contributed by atoms with van der Waals surface area (Å²) >= 11 is 0. The minimum atomic E-state index is -1.63. The van der Waals surface area contributed by atoms with E-state index in [1.54, 1.807) is 0 Å². The molecule has 4 aliphatic rings. The van der Waals surface area contributed by atoms with Gasteiger partial charge in [-0.1, -0.05) is 0 Å². The summed E-state index contributed by atoms with van der Waals surface area (Å²) < 4.78 is 88.5. The molecule has 462 valence electrons. The molecule has 4 aliphatic heterocycles. The number of hydrogen-bond donors (Lipinski definition) is 17. The molecular weight excluding hydrogens is 1070 g/mol. The lowest BCUT2D eigenvalue weighted by atomic mass is 9.99. The van der Waals surface area contributed by atoms with Crippen molar-refractivity contribution in [1.82, 2.24) is 0 Å². The van der Waals surface area contributed by atoms with Crippen molar-refractivity contribution in [1.29, 1.82) is 0 Å². The van der Waals surface area contributed by atoms with Crippen LogP contribution in [0.5, 0.6) is 0 Å². The number of hydrogen-bond acceptors (Lipinski definition) is 33. The SMILES string of the molecule is OC[C@H]1O[C@H](OCCOCC(COCCO[C@H]2O[C@H](CO)[C@@H](O)[C@H](O)[C@@H]2O)OCCOCC(O)COCCOC(COCCO[C@H]2O[C@H](CO)[C@@H](O)[C@H](O)[C@@H]2O)COCCO[C@H]2O[C@H](CO)[C@@H](O)[C@H](O)[C@@H]2O)[C@@H](O)[C@@H](O)[C@@H]1O. The predicted molar refractivity (Wildman–Crippen MR) is 249 cm³/mol. The van der Waals surface area contributed by atoms with Crippen LogP contribution in [0.15, 0.2) is 0 Å². The van der Waals surface area contributed by atoms with Gasteiger partial charge in [-0.2, -0.15) is 0 Å². The molecule has 0 saturated carbocycles. The maximum Gasteiger partial charge on any atom is 0.186 e. The fourth-order valence-corrected chi connectivity index (χ4v) is 7.90. The van der Waals surface area contributed by atoms with Gasteiger partial charge in [0.15, 0.2) is 25.2 Å². The molecule has 0 aromatic heterocycles. The van der Waals surface area contributed by atoms with E-state index in [9.17, 15) is 86.8 Å². The molecule has 0 bridgehead atoms. The lowest BCUT2D eigenvalue weighted by Gasteiger charge is -2.39. The second kappa shape index (κ2) is 37.8. The van der Waals surface area contributed by atoms with Gasteiger partial charge in [-0.3, -0.25) is 0 Å². The summed E-state index contributed by atoms with van der Waals surface area (Å²) in [7, 11) is 0. The van der Waals surface area contributed by atoms with E-state index in [2.05, 4.69) is 0 Å². The average Bonchev–Trinajstić information content (AvgIpc) is 3.43. The Bertz CT molecular complexity index is 1310.